The van der Waals surface area contributed by atoms with Gasteiger partial charge in [0.2, 0.25) is 17.2 Å². The normalized spacial score (nSPS) is 10.0. The Morgan fingerprint density at radius 1 is 1.07 bits per heavy atom. The Balaban J connectivity index is 0.000000280. The minimum Gasteiger partial charge on any atom is -0.354 e. The van der Waals surface area contributed by atoms with Crippen LogP contribution in [-0.4, -0.2) is 52.6 Å². The first-order valence-corrected chi connectivity index (χ1v) is 9.61. The molecule has 2 aromatic rings. The fourth-order valence-electron chi connectivity index (χ4n) is 1.72. The number of halogens is 3. The van der Waals surface area contributed by atoms with Crippen LogP contribution < -0.4 is 16.0 Å². The largest absolute Gasteiger partial charge is 0.354 e. The molecule has 2 rings (SSSR count). The highest BCUT2D eigenvalue weighted by molar-refractivity contribution is 6.42. The lowest BCUT2D eigenvalue weighted by Gasteiger charge is -2.12. The van der Waals surface area contributed by atoms with Crippen molar-refractivity contribution in [2.24, 2.45) is 0 Å². The van der Waals surface area contributed by atoms with Crippen molar-refractivity contribution in [1.29, 1.82) is 0 Å². The number of nitrogens with one attached hydrogen (secondary N) is 3. The van der Waals surface area contributed by atoms with Crippen LogP contribution >= 0.6 is 34.8 Å². The van der Waals surface area contributed by atoms with Gasteiger partial charge in [-0.25, -0.2) is 4.79 Å². The van der Waals surface area contributed by atoms with Gasteiger partial charge in [0.05, 0.1) is 10.0 Å². The van der Waals surface area contributed by atoms with E-state index in [9.17, 15) is 4.79 Å². The summed E-state index contributed by atoms with van der Waals surface area (Å²) in [5.41, 5.74) is 0.623. The molecule has 0 saturated carbocycles. The van der Waals surface area contributed by atoms with E-state index in [1.165, 1.54) is 4.90 Å². The average molecular weight is 449 g/mol. The molecule has 154 valence electrons. The molecule has 0 radical (unpaired) electrons. The second kappa shape index (κ2) is 11.7. The van der Waals surface area contributed by atoms with Crippen molar-refractivity contribution < 1.29 is 4.79 Å². The molecular formula is C17H24Cl3N7O. The van der Waals surface area contributed by atoms with E-state index in [0.717, 1.165) is 6.54 Å². The van der Waals surface area contributed by atoms with Crippen molar-refractivity contribution in [1.82, 2.24) is 19.9 Å². The van der Waals surface area contributed by atoms with Gasteiger partial charge in [-0.05, 0) is 50.6 Å². The first-order chi connectivity index (χ1) is 13.1. The fourth-order valence-corrected chi connectivity index (χ4v) is 2.18. The van der Waals surface area contributed by atoms with Gasteiger partial charge in [-0.15, -0.1) is 0 Å². The monoisotopic (exact) mass is 447 g/mol. The first kappa shape index (κ1) is 24.0. The summed E-state index contributed by atoms with van der Waals surface area (Å²) in [7, 11) is 3.32. The SMILES string of the molecule is CCNc1nc(Cl)nc(NC(C)C)n1.CN(C)C(=O)Nc1ccc(Cl)c(Cl)c1. The van der Waals surface area contributed by atoms with E-state index < -0.39 is 0 Å². The smallest absolute Gasteiger partial charge is 0.321 e. The zero-order valence-electron chi connectivity index (χ0n) is 16.3. The van der Waals surface area contributed by atoms with Gasteiger partial charge in [-0.2, -0.15) is 15.0 Å². The average Bonchev–Trinajstić information content (AvgIpc) is 2.58. The number of nitrogens with zero attached hydrogens (tertiary/aromatic N) is 4. The molecule has 28 heavy (non-hydrogen) atoms. The molecule has 3 N–H and O–H groups in total. The number of hydrogen-bond acceptors (Lipinski definition) is 6. The predicted molar refractivity (Wildman–Crippen MR) is 117 cm³/mol. The van der Waals surface area contributed by atoms with Gasteiger partial charge >= 0.3 is 6.03 Å². The van der Waals surface area contributed by atoms with Crippen LogP contribution in [-0.2, 0) is 0 Å². The predicted octanol–water partition coefficient (Wildman–Crippen LogP) is 4.86. The zero-order valence-corrected chi connectivity index (χ0v) is 18.6. The lowest BCUT2D eigenvalue weighted by molar-refractivity contribution is 0.230. The third-order valence-electron chi connectivity index (χ3n) is 2.94. The van der Waals surface area contributed by atoms with Gasteiger partial charge in [0.15, 0.2) is 0 Å². The summed E-state index contributed by atoms with van der Waals surface area (Å²) in [6.45, 7) is 6.73. The quantitative estimate of drug-likeness (QED) is 0.604. The molecule has 0 aliphatic heterocycles. The van der Waals surface area contributed by atoms with Crippen LogP contribution in [0.5, 0.6) is 0 Å². The molecule has 11 heteroatoms. The van der Waals surface area contributed by atoms with E-state index in [1.54, 1.807) is 32.3 Å². The fraction of sp³-hybridized carbons (Fsp3) is 0.412. The highest BCUT2D eigenvalue weighted by Crippen LogP contribution is 2.25. The standard InChI is InChI=1S/C9H10Cl2N2O.C8H14ClN5/c1-13(2)9(14)12-6-3-4-7(10)8(11)5-6;1-4-10-7-12-6(9)13-8(14-7)11-5(2)3/h3-5H,1-2H3,(H,12,14);5H,4H2,1-3H3,(H2,10,11,12,13,14). The number of benzene rings is 1. The summed E-state index contributed by atoms with van der Waals surface area (Å²) in [5, 5.41) is 9.77. The van der Waals surface area contributed by atoms with E-state index in [1.807, 2.05) is 20.8 Å². The van der Waals surface area contributed by atoms with E-state index in [0.29, 0.717) is 27.6 Å². The highest BCUT2D eigenvalue weighted by atomic mass is 35.5. The molecule has 2 amide bonds. The summed E-state index contributed by atoms with van der Waals surface area (Å²) < 4.78 is 0. The van der Waals surface area contributed by atoms with Crippen molar-refractivity contribution in [3.63, 3.8) is 0 Å². The number of anilines is 3. The second-order valence-electron chi connectivity index (χ2n) is 6.03. The van der Waals surface area contributed by atoms with Crippen LogP contribution in [0.2, 0.25) is 15.3 Å². The first-order valence-electron chi connectivity index (χ1n) is 8.47. The molecule has 1 aromatic heterocycles. The van der Waals surface area contributed by atoms with Gasteiger partial charge in [0.1, 0.15) is 0 Å². The number of amides is 2. The van der Waals surface area contributed by atoms with Gasteiger partial charge in [0.25, 0.3) is 0 Å². The highest BCUT2D eigenvalue weighted by Gasteiger charge is 2.06. The third-order valence-corrected chi connectivity index (χ3v) is 3.85. The number of carbonyl (C=O) groups is 1. The molecule has 0 aliphatic carbocycles. The number of hydrogen-bond donors (Lipinski definition) is 3. The Morgan fingerprint density at radius 3 is 2.25 bits per heavy atom. The Bertz CT molecular complexity index is 787. The molecular weight excluding hydrogens is 425 g/mol. The van der Waals surface area contributed by atoms with Crippen LogP contribution in [0.4, 0.5) is 22.4 Å². The maximum Gasteiger partial charge on any atom is 0.321 e. The van der Waals surface area contributed by atoms with Gasteiger partial charge in [0, 0.05) is 32.4 Å². The minimum atomic E-state index is -0.205. The van der Waals surface area contributed by atoms with E-state index >= 15 is 0 Å². The van der Waals surface area contributed by atoms with Gasteiger partial charge in [-0.1, -0.05) is 23.2 Å². The topological polar surface area (TPSA) is 95.1 Å². The Labute approximate surface area is 180 Å². The maximum absolute atomic E-state index is 11.2. The number of urea groups is 1. The minimum absolute atomic E-state index is 0.194. The van der Waals surface area contributed by atoms with Crippen LogP contribution in [0.25, 0.3) is 0 Å². The molecule has 0 spiro atoms. The lowest BCUT2D eigenvalue weighted by Crippen LogP contribution is -2.27. The van der Waals surface area contributed by atoms with Crippen molar-refractivity contribution in [2.45, 2.75) is 26.8 Å². The van der Waals surface area contributed by atoms with Crippen LogP contribution in [0.1, 0.15) is 20.8 Å². The number of rotatable bonds is 5. The molecule has 0 bridgehead atoms. The van der Waals surface area contributed by atoms with Crippen molar-refractivity contribution >= 4 is 58.4 Å². The van der Waals surface area contributed by atoms with Gasteiger partial charge < -0.3 is 20.9 Å². The van der Waals surface area contributed by atoms with E-state index in [2.05, 4.69) is 30.9 Å². The number of carbonyl (C=O) groups excluding carboxylic acids is 1. The van der Waals surface area contributed by atoms with Crippen molar-refractivity contribution in [3.05, 3.63) is 33.5 Å². The molecule has 0 unspecified atom stereocenters. The van der Waals surface area contributed by atoms with Crippen LogP contribution in [0.3, 0.4) is 0 Å². The summed E-state index contributed by atoms with van der Waals surface area (Å²) in [6.07, 6.45) is 0. The summed E-state index contributed by atoms with van der Waals surface area (Å²) >= 11 is 17.2. The van der Waals surface area contributed by atoms with Crippen LogP contribution in [0, 0.1) is 0 Å². The van der Waals surface area contributed by atoms with Gasteiger partial charge in [-0.3, -0.25) is 0 Å². The van der Waals surface area contributed by atoms with E-state index in [4.69, 9.17) is 34.8 Å². The molecule has 1 aromatic carbocycles. The zero-order chi connectivity index (χ0) is 21.3. The molecule has 8 nitrogen and oxygen atoms in total. The molecule has 1 heterocycles. The number of aromatic nitrogens is 3. The lowest BCUT2D eigenvalue weighted by atomic mass is 10.3. The summed E-state index contributed by atoms with van der Waals surface area (Å²) in [4.78, 5) is 24.7. The Kier molecular flexibility index (Phi) is 10.1. The maximum atomic E-state index is 11.2. The van der Waals surface area contributed by atoms with E-state index in [-0.39, 0.29) is 17.4 Å². The van der Waals surface area contributed by atoms with Crippen molar-refractivity contribution in [2.75, 3.05) is 36.6 Å². The Hall–Kier alpha value is -2.03. The van der Waals surface area contributed by atoms with Crippen molar-refractivity contribution in [3.8, 4) is 0 Å². The molecule has 0 fully saturated rings. The summed E-state index contributed by atoms with van der Waals surface area (Å²) in [6, 6.07) is 4.99. The summed E-state index contributed by atoms with van der Waals surface area (Å²) in [5.74, 6) is 0.992. The third kappa shape index (κ3) is 8.77. The Morgan fingerprint density at radius 2 is 1.71 bits per heavy atom. The van der Waals surface area contributed by atoms with Crippen LogP contribution in [0.15, 0.2) is 18.2 Å². The molecule has 0 saturated heterocycles. The molecule has 0 atom stereocenters. The second-order valence-corrected chi connectivity index (χ2v) is 7.19. The molecule has 0 aliphatic rings.